The summed E-state index contributed by atoms with van der Waals surface area (Å²) in [5, 5.41) is 0. The molecule has 3 unspecified atom stereocenters. The van der Waals surface area contributed by atoms with Gasteiger partial charge < -0.3 is 9.64 Å². The number of hydrogen-bond acceptors (Lipinski definition) is 3. The third-order valence-electron chi connectivity index (χ3n) is 7.02. The fraction of sp³-hybridized carbons (Fsp3) is 0.708. The first-order valence-electron chi connectivity index (χ1n) is 11.3. The monoisotopic (exact) mass is 384 g/mol. The maximum absolute atomic E-state index is 12.6. The average Bonchev–Trinajstić information content (AvgIpc) is 2.90. The van der Waals surface area contributed by atoms with E-state index in [2.05, 4.69) is 37.8 Å². The predicted molar refractivity (Wildman–Crippen MR) is 114 cm³/mol. The number of ether oxygens (including phenoxy) is 1. The van der Waals surface area contributed by atoms with Crippen molar-refractivity contribution in [3.8, 4) is 5.75 Å². The molecule has 154 valence electrons. The molecule has 3 aliphatic heterocycles. The molecule has 0 spiro atoms. The molecular formula is C24H36N2O2. The van der Waals surface area contributed by atoms with Crippen LogP contribution < -0.4 is 9.64 Å². The van der Waals surface area contributed by atoms with Crippen molar-refractivity contribution in [3.05, 3.63) is 23.8 Å². The van der Waals surface area contributed by atoms with Crippen LogP contribution in [0.5, 0.6) is 5.75 Å². The molecule has 1 aromatic rings. The molecule has 0 aromatic heterocycles. The molecule has 0 N–H and O–H groups in total. The van der Waals surface area contributed by atoms with E-state index < -0.39 is 0 Å². The van der Waals surface area contributed by atoms with Crippen LogP contribution in [0.25, 0.3) is 0 Å². The van der Waals surface area contributed by atoms with E-state index in [1.807, 2.05) is 11.0 Å². The maximum Gasteiger partial charge on any atom is 0.265 e. The lowest BCUT2D eigenvalue weighted by molar-refractivity contribution is -0.121. The summed E-state index contributed by atoms with van der Waals surface area (Å²) in [6, 6.07) is 7.69. The van der Waals surface area contributed by atoms with Gasteiger partial charge in [0.1, 0.15) is 5.75 Å². The molecule has 2 fully saturated rings. The van der Waals surface area contributed by atoms with Gasteiger partial charge in [-0.3, -0.25) is 9.69 Å². The number of carbonyl (C=O) groups excluding carboxylic acids is 1. The molecule has 4 rings (SSSR count). The van der Waals surface area contributed by atoms with E-state index in [4.69, 9.17) is 4.74 Å². The summed E-state index contributed by atoms with van der Waals surface area (Å²) < 4.78 is 5.64. The van der Waals surface area contributed by atoms with Crippen LogP contribution in [0.15, 0.2) is 18.2 Å². The highest BCUT2D eigenvalue weighted by molar-refractivity contribution is 5.97. The Bertz CT molecular complexity index is 690. The van der Waals surface area contributed by atoms with E-state index in [1.54, 1.807) is 0 Å². The standard InChI is InChI=1S/C24H36N2O2/c1-4-5-6-19-12-20-8-9-21(13-19)25(20)14-18(3)15-26-22-11-17(2)7-10-23(22)28-16-24(26)27/h7,10-11,18-21H,4-6,8-9,12-16H2,1-3H3. The van der Waals surface area contributed by atoms with Gasteiger partial charge in [-0.15, -0.1) is 0 Å². The van der Waals surface area contributed by atoms with E-state index in [-0.39, 0.29) is 12.5 Å². The van der Waals surface area contributed by atoms with Gasteiger partial charge in [-0.1, -0.05) is 39.2 Å². The SMILES string of the molecule is CCCCC1CC2CCC(C1)N2CC(C)CN1C(=O)COc2ccc(C)cc21. The number of anilines is 1. The molecule has 1 amide bonds. The van der Waals surface area contributed by atoms with E-state index in [9.17, 15) is 4.79 Å². The first kappa shape index (κ1) is 19.8. The van der Waals surface area contributed by atoms with Crippen LogP contribution in [0.4, 0.5) is 5.69 Å². The lowest BCUT2D eigenvalue weighted by atomic mass is 9.86. The third kappa shape index (κ3) is 4.07. The summed E-state index contributed by atoms with van der Waals surface area (Å²) in [6.07, 6.45) is 9.66. The number of benzene rings is 1. The fourth-order valence-corrected chi connectivity index (χ4v) is 5.66. The average molecular weight is 385 g/mol. The summed E-state index contributed by atoms with van der Waals surface area (Å²) in [4.78, 5) is 17.3. The van der Waals surface area contributed by atoms with Gasteiger partial charge in [0.15, 0.2) is 6.61 Å². The molecule has 0 saturated carbocycles. The summed E-state index contributed by atoms with van der Waals surface area (Å²) in [7, 11) is 0. The van der Waals surface area contributed by atoms with Crippen molar-refractivity contribution in [1.29, 1.82) is 0 Å². The number of fused-ring (bicyclic) bond motifs is 3. The quantitative estimate of drug-likeness (QED) is 0.678. The van der Waals surface area contributed by atoms with Crippen molar-refractivity contribution in [1.82, 2.24) is 4.90 Å². The Hall–Kier alpha value is -1.55. The minimum absolute atomic E-state index is 0.0891. The molecule has 0 aliphatic carbocycles. The number of aryl methyl sites for hydroxylation is 1. The van der Waals surface area contributed by atoms with Crippen LogP contribution in [-0.2, 0) is 4.79 Å². The highest BCUT2D eigenvalue weighted by Crippen LogP contribution is 2.41. The third-order valence-corrected chi connectivity index (χ3v) is 7.02. The Kier molecular flexibility index (Phi) is 5.96. The number of nitrogens with zero attached hydrogens (tertiary/aromatic N) is 2. The number of amides is 1. The van der Waals surface area contributed by atoms with Crippen molar-refractivity contribution in [2.24, 2.45) is 11.8 Å². The van der Waals surface area contributed by atoms with Crippen molar-refractivity contribution < 1.29 is 9.53 Å². The molecule has 3 aliphatic rings. The number of piperidine rings is 1. The molecule has 2 bridgehead atoms. The molecule has 1 aromatic carbocycles. The van der Waals surface area contributed by atoms with Gasteiger partial charge in [-0.25, -0.2) is 0 Å². The van der Waals surface area contributed by atoms with Crippen molar-refractivity contribution in [2.45, 2.75) is 77.8 Å². The Morgan fingerprint density at radius 2 is 1.93 bits per heavy atom. The van der Waals surface area contributed by atoms with Gasteiger partial charge in [0, 0.05) is 25.2 Å². The number of rotatable bonds is 7. The van der Waals surface area contributed by atoms with Crippen LogP contribution in [-0.4, -0.2) is 42.6 Å². The molecular weight excluding hydrogens is 348 g/mol. The molecule has 28 heavy (non-hydrogen) atoms. The van der Waals surface area contributed by atoms with Gasteiger partial charge in [0.25, 0.3) is 5.91 Å². The van der Waals surface area contributed by atoms with Crippen LogP contribution in [0.2, 0.25) is 0 Å². The zero-order valence-electron chi connectivity index (χ0n) is 17.8. The highest BCUT2D eigenvalue weighted by Gasteiger charge is 2.41. The second-order valence-corrected chi connectivity index (χ2v) is 9.43. The zero-order valence-corrected chi connectivity index (χ0v) is 17.8. The summed E-state index contributed by atoms with van der Waals surface area (Å²) in [5.41, 5.74) is 2.12. The van der Waals surface area contributed by atoms with E-state index in [0.717, 1.165) is 42.5 Å². The number of carbonyl (C=O) groups is 1. The van der Waals surface area contributed by atoms with Gasteiger partial charge in [-0.2, -0.15) is 0 Å². The predicted octanol–water partition coefficient (Wildman–Crippen LogP) is 4.79. The minimum atomic E-state index is 0.0891. The Balaban J connectivity index is 1.38. The number of unbranched alkanes of at least 4 members (excludes halogenated alkanes) is 1. The van der Waals surface area contributed by atoms with E-state index >= 15 is 0 Å². The molecule has 4 nitrogen and oxygen atoms in total. The fourth-order valence-electron chi connectivity index (χ4n) is 5.66. The largest absolute Gasteiger partial charge is 0.482 e. The molecule has 0 radical (unpaired) electrons. The second kappa shape index (κ2) is 8.44. The highest BCUT2D eigenvalue weighted by atomic mass is 16.5. The van der Waals surface area contributed by atoms with Crippen molar-refractivity contribution >= 4 is 11.6 Å². The van der Waals surface area contributed by atoms with Crippen LogP contribution in [0.3, 0.4) is 0 Å². The lowest BCUT2D eigenvalue weighted by Gasteiger charge is -2.41. The number of hydrogen-bond donors (Lipinski definition) is 0. The van der Waals surface area contributed by atoms with E-state index in [0.29, 0.717) is 5.92 Å². The van der Waals surface area contributed by atoms with Crippen LogP contribution in [0.1, 0.15) is 64.4 Å². The van der Waals surface area contributed by atoms with Crippen molar-refractivity contribution in [2.75, 3.05) is 24.6 Å². The van der Waals surface area contributed by atoms with Gasteiger partial charge >= 0.3 is 0 Å². The van der Waals surface area contributed by atoms with Gasteiger partial charge in [-0.05, 0) is 62.1 Å². The topological polar surface area (TPSA) is 32.8 Å². The van der Waals surface area contributed by atoms with Crippen molar-refractivity contribution in [3.63, 3.8) is 0 Å². The van der Waals surface area contributed by atoms with E-state index in [1.165, 1.54) is 50.5 Å². The Morgan fingerprint density at radius 3 is 2.64 bits per heavy atom. The Morgan fingerprint density at radius 1 is 1.18 bits per heavy atom. The van der Waals surface area contributed by atoms with Crippen LogP contribution >= 0.6 is 0 Å². The first-order chi connectivity index (χ1) is 13.5. The smallest absolute Gasteiger partial charge is 0.265 e. The maximum atomic E-state index is 12.6. The van der Waals surface area contributed by atoms with Gasteiger partial charge in [0.2, 0.25) is 0 Å². The summed E-state index contributed by atoms with van der Waals surface area (Å²) in [5.74, 6) is 2.34. The molecule has 4 heteroatoms. The molecule has 2 saturated heterocycles. The summed E-state index contributed by atoms with van der Waals surface area (Å²) >= 11 is 0. The Labute approximate surface area is 170 Å². The molecule has 3 atom stereocenters. The normalized spacial score (nSPS) is 28.2. The second-order valence-electron chi connectivity index (χ2n) is 9.43. The summed E-state index contributed by atoms with van der Waals surface area (Å²) in [6.45, 7) is 8.74. The molecule has 3 heterocycles. The lowest BCUT2D eigenvalue weighted by Crippen LogP contribution is -2.48. The zero-order chi connectivity index (χ0) is 19.7. The minimum Gasteiger partial charge on any atom is -0.482 e. The first-order valence-corrected chi connectivity index (χ1v) is 11.3. The van der Waals surface area contributed by atoms with Crippen LogP contribution in [0, 0.1) is 18.8 Å². The van der Waals surface area contributed by atoms with Gasteiger partial charge in [0.05, 0.1) is 5.69 Å².